The molecule has 8 nitrogen and oxygen atoms in total. The molecule has 0 unspecified atom stereocenters. The lowest BCUT2D eigenvalue weighted by Gasteiger charge is -2.16. The van der Waals surface area contributed by atoms with Crippen LogP contribution in [0.1, 0.15) is 10.4 Å². The molecule has 0 atom stereocenters. The highest BCUT2D eigenvalue weighted by atomic mass is 32.2. The maximum atomic E-state index is 12.4. The Morgan fingerprint density at radius 3 is 2.65 bits per heavy atom. The lowest BCUT2D eigenvalue weighted by Crippen LogP contribution is -2.29. The average molecular weight is 296 g/mol. The van der Waals surface area contributed by atoms with Crippen LogP contribution >= 0.6 is 0 Å². The van der Waals surface area contributed by atoms with Gasteiger partial charge in [0.25, 0.3) is 10.0 Å². The summed E-state index contributed by atoms with van der Waals surface area (Å²) in [7, 11) is -1.35. The van der Waals surface area contributed by atoms with Gasteiger partial charge in [-0.25, -0.2) is 9.78 Å². The van der Waals surface area contributed by atoms with Crippen molar-refractivity contribution >= 4 is 21.8 Å². The van der Waals surface area contributed by atoms with Crippen molar-refractivity contribution in [2.45, 2.75) is 5.03 Å². The number of anilines is 1. The molecule has 0 spiro atoms. The van der Waals surface area contributed by atoms with Gasteiger partial charge in [-0.1, -0.05) is 6.07 Å². The molecule has 106 valence electrons. The van der Waals surface area contributed by atoms with Crippen molar-refractivity contribution in [1.29, 1.82) is 0 Å². The van der Waals surface area contributed by atoms with Gasteiger partial charge in [-0.2, -0.15) is 13.5 Å². The molecule has 0 bridgehead atoms. The molecule has 2 aromatic rings. The standard InChI is InChI=1S/C11H12N4O4S/c1-14-7-8(11(16)17)10(13-14)20(18,19)15(2)9-5-3-4-6-12-9/h3-7H,1-2H3,(H,16,17). The molecule has 0 radical (unpaired) electrons. The summed E-state index contributed by atoms with van der Waals surface area (Å²) in [6, 6.07) is 4.78. The first-order chi connectivity index (χ1) is 9.34. The SMILES string of the molecule is CN(c1ccccn1)S(=O)(=O)c1nn(C)cc1C(=O)O. The molecule has 0 aliphatic heterocycles. The Kier molecular flexibility index (Phi) is 3.45. The minimum absolute atomic E-state index is 0.175. The van der Waals surface area contributed by atoms with Gasteiger partial charge in [0, 0.05) is 26.5 Å². The van der Waals surface area contributed by atoms with E-state index in [9.17, 15) is 13.2 Å². The number of aromatic nitrogens is 3. The third-order valence-electron chi connectivity index (χ3n) is 2.60. The summed E-state index contributed by atoms with van der Waals surface area (Å²) in [5.74, 6) is -1.18. The summed E-state index contributed by atoms with van der Waals surface area (Å²) in [5, 5.41) is 12.3. The van der Waals surface area contributed by atoms with E-state index in [0.717, 1.165) is 15.2 Å². The molecule has 0 amide bonds. The number of nitrogens with zero attached hydrogens (tertiary/aromatic N) is 4. The van der Waals surface area contributed by atoms with E-state index < -0.39 is 21.0 Å². The minimum atomic E-state index is -4.09. The summed E-state index contributed by atoms with van der Waals surface area (Å²) in [6.45, 7) is 0. The summed E-state index contributed by atoms with van der Waals surface area (Å²) < 4.78 is 26.9. The summed E-state index contributed by atoms with van der Waals surface area (Å²) in [4.78, 5) is 15.0. The van der Waals surface area contributed by atoms with E-state index in [2.05, 4.69) is 10.1 Å². The molecule has 9 heteroatoms. The first kappa shape index (κ1) is 14.0. The molecule has 0 aliphatic carbocycles. The van der Waals surface area contributed by atoms with Crippen LogP contribution in [0.2, 0.25) is 0 Å². The zero-order chi connectivity index (χ0) is 14.9. The highest BCUT2D eigenvalue weighted by Crippen LogP contribution is 2.21. The van der Waals surface area contributed by atoms with Crippen LogP contribution in [0, 0.1) is 0 Å². The largest absolute Gasteiger partial charge is 0.478 e. The van der Waals surface area contributed by atoms with Crippen LogP contribution in [0.25, 0.3) is 0 Å². The minimum Gasteiger partial charge on any atom is -0.478 e. The number of hydrogen-bond donors (Lipinski definition) is 1. The van der Waals surface area contributed by atoms with Crippen LogP contribution < -0.4 is 4.31 Å². The molecule has 0 aromatic carbocycles. The smallest absolute Gasteiger partial charge is 0.340 e. The van der Waals surface area contributed by atoms with Crippen LogP contribution in [0.15, 0.2) is 35.6 Å². The topological polar surface area (TPSA) is 105 Å². The Morgan fingerprint density at radius 1 is 1.40 bits per heavy atom. The zero-order valence-electron chi connectivity index (χ0n) is 10.8. The highest BCUT2D eigenvalue weighted by molar-refractivity contribution is 7.92. The fourth-order valence-electron chi connectivity index (χ4n) is 1.60. The third-order valence-corrected chi connectivity index (χ3v) is 4.30. The summed E-state index contributed by atoms with van der Waals surface area (Å²) in [6.07, 6.45) is 2.58. The third kappa shape index (κ3) is 2.35. The number of carbonyl (C=O) groups is 1. The van der Waals surface area contributed by atoms with Gasteiger partial charge in [0.2, 0.25) is 5.03 Å². The molecular weight excluding hydrogens is 284 g/mol. The molecule has 2 aromatic heterocycles. The molecule has 0 saturated carbocycles. The van der Waals surface area contributed by atoms with E-state index in [1.165, 1.54) is 26.4 Å². The maximum absolute atomic E-state index is 12.4. The quantitative estimate of drug-likeness (QED) is 0.872. The maximum Gasteiger partial charge on any atom is 0.340 e. The van der Waals surface area contributed by atoms with Gasteiger partial charge in [-0.15, -0.1) is 0 Å². The van der Waals surface area contributed by atoms with Crippen LogP contribution in [-0.2, 0) is 17.1 Å². The Morgan fingerprint density at radius 2 is 2.10 bits per heavy atom. The van der Waals surface area contributed by atoms with Crippen molar-refractivity contribution in [3.63, 3.8) is 0 Å². The first-order valence-electron chi connectivity index (χ1n) is 5.51. The van der Waals surface area contributed by atoms with E-state index in [1.807, 2.05) is 0 Å². The Labute approximate surface area is 115 Å². The molecule has 20 heavy (non-hydrogen) atoms. The Bertz CT molecular complexity index is 739. The van der Waals surface area contributed by atoms with E-state index in [4.69, 9.17) is 5.11 Å². The normalized spacial score (nSPS) is 11.3. The molecule has 2 heterocycles. The lowest BCUT2D eigenvalue weighted by atomic mass is 10.4. The average Bonchev–Trinajstić information content (AvgIpc) is 2.82. The van der Waals surface area contributed by atoms with Crippen LogP contribution in [0.4, 0.5) is 5.82 Å². The van der Waals surface area contributed by atoms with Gasteiger partial charge in [0.05, 0.1) is 0 Å². The molecular formula is C11H12N4O4S. The molecule has 2 rings (SSSR count). The number of carboxylic acids is 1. The van der Waals surface area contributed by atoms with E-state index >= 15 is 0 Å². The molecule has 1 N–H and O–H groups in total. The highest BCUT2D eigenvalue weighted by Gasteiger charge is 2.31. The number of aromatic carboxylic acids is 1. The van der Waals surface area contributed by atoms with Gasteiger partial charge < -0.3 is 5.11 Å². The number of sulfonamides is 1. The van der Waals surface area contributed by atoms with Gasteiger partial charge in [-0.3, -0.25) is 8.99 Å². The van der Waals surface area contributed by atoms with E-state index in [-0.39, 0.29) is 11.4 Å². The number of hydrogen-bond acceptors (Lipinski definition) is 5. The second-order valence-corrected chi connectivity index (χ2v) is 5.87. The monoisotopic (exact) mass is 296 g/mol. The molecule has 0 fully saturated rings. The zero-order valence-corrected chi connectivity index (χ0v) is 11.6. The van der Waals surface area contributed by atoms with Crippen LogP contribution in [-0.4, -0.2) is 41.3 Å². The predicted molar refractivity (Wildman–Crippen MR) is 70.0 cm³/mol. The van der Waals surface area contributed by atoms with Gasteiger partial charge in [-0.05, 0) is 12.1 Å². The fourth-order valence-corrected chi connectivity index (χ4v) is 2.86. The lowest BCUT2D eigenvalue weighted by molar-refractivity contribution is 0.0692. The number of aryl methyl sites for hydroxylation is 1. The number of pyridine rings is 1. The fraction of sp³-hybridized carbons (Fsp3) is 0.182. The van der Waals surface area contributed by atoms with Gasteiger partial charge in [0.15, 0.2) is 0 Å². The second kappa shape index (κ2) is 4.93. The van der Waals surface area contributed by atoms with E-state index in [1.54, 1.807) is 12.1 Å². The molecule has 0 saturated heterocycles. The van der Waals surface area contributed by atoms with Crippen LogP contribution in [0.3, 0.4) is 0 Å². The van der Waals surface area contributed by atoms with Crippen molar-refractivity contribution in [3.8, 4) is 0 Å². The Hall–Kier alpha value is -2.42. The second-order valence-electron chi connectivity index (χ2n) is 3.99. The number of rotatable bonds is 4. The van der Waals surface area contributed by atoms with Crippen LogP contribution in [0.5, 0.6) is 0 Å². The number of carboxylic acid groups (broad SMARTS) is 1. The van der Waals surface area contributed by atoms with Crippen molar-refractivity contribution < 1.29 is 18.3 Å². The first-order valence-corrected chi connectivity index (χ1v) is 6.95. The van der Waals surface area contributed by atoms with Crippen molar-refractivity contribution in [2.24, 2.45) is 7.05 Å². The summed E-state index contributed by atoms with van der Waals surface area (Å²) in [5.41, 5.74) is -0.379. The Balaban J connectivity index is 2.54. The van der Waals surface area contributed by atoms with Gasteiger partial charge in [0.1, 0.15) is 11.4 Å². The van der Waals surface area contributed by atoms with Crippen molar-refractivity contribution in [3.05, 3.63) is 36.2 Å². The summed E-state index contributed by atoms with van der Waals surface area (Å²) >= 11 is 0. The predicted octanol–water partition coefficient (Wildman–Crippen LogP) is 0.338. The van der Waals surface area contributed by atoms with Gasteiger partial charge >= 0.3 is 5.97 Å². The van der Waals surface area contributed by atoms with Crippen molar-refractivity contribution in [2.75, 3.05) is 11.4 Å². The van der Waals surface area contributed by atoms with E-state index in [0.29, 0.717) is 0 Å². The van der Waals surface area contributed by atoms with Crippen molar-refractivity contribution in [1.82, 2.24) is 14.8 Å². The molecule has 0 aliphatic rings.